The van der Waals surface area contributed by atoms with Crippen LogP contribution in [-0.2, 0) is 0 Å². The lowest BCUT2D eigenvalue weighted by molar-refractivity contribution is 0.413. The van der Waals surface area contributed by atoms with Crippen molar-refractivity contribution in [1.29, 1.82) is 0 Å². The Bertz CT molecular complexity index is 1200. The number of fused-ring (bicyclic) bond motifs is 1. The van der Waals surface area contributed by atoms with E-state index in [1.54, 1.807) is 25.6 Å². The number of benzene rings is 2. The third-order valence-corrected chi connectivity index (χ3v) is 4.26. The number of aromatic nitrogens is 4. The summed E-state index contributed by atoms with van der Waals surface area (Å²) in [7, 11) is 1.64. The number of aromatic amines is 1. The maximum absolute atomic E-state index is 12.2. The molecule has 1 N–H and O–H groups in total. The molecule has 2 aromatic heterocycles. The van der Waals surface area contributed by atoms with E-state index in [1.165, 1.54) is 0 Å². The van der Waals surface area contributed by atoms with Crippen LogP contribution in [0.2, 0.25) is 0 Å². The Morgan fingerprint density at radius 2 is 2.00 bits per heavy atom. The van der Waals surface area contributed by atoms with E-state index in [-0.39, 0.29) is 5.56 Å². The minimum absolute atomic E-state index is 0.149. The van der Waals surface area contributed by atoms with Gasteiger partial charge >= 0.3 is 0 Å². The number of aryl methyl sites for hydroxylation is 1. The molecule has 6 heteroatoms. The van der Waals surface area contributed by atoms with Crippen molar-refractivity contribution in [2.24, 2.45) is 0 Å². The fourth-order valence-corrected chi connectivity index (χ4v) is 2.92. The molecular weight excluding hydrogens is 340 g/mol. The molecule has 0 atom stereocenters. The molecule has 0 saturated heterocycles. The largest absolute Gasteiger partial charge is 0.495 e. The molecule has 0 fully saturated rings. The molecule has 0 unspecified atom stereocenters. The fraction of sp³-hybridized carbons (Fsp3) is 0.0952. The van der Waals surface area contributed by atoms with Crippen LogP contribution >= 0.6 is 0 Å². The zero-order valence-electron chi connectivity index (χ0n) is 15.0. The molecule has 0 saturated carbocycles. The summed E-state index contributed by atoms with van der Waals surface area (Å²) in [6.45, 7) is 1.94. The molecule has 0 aliphatic rings. The average Bonchev–Trinajstić information content (AvgIpc) is 3.12. The number of ether oxygens (including phenoxy) is 1. The molecular formula is C21H18N4O2. The minimum atomic E-state index is -0.149. The number of imidazole rings is 1. The Hall–Kier alpha value is -3.67. The monoisotopic (exact) mass is 358 g/mol. The fourth-order valence-electron chi connectivity index (χ4n) is 2.92. The highest BCUT2D eigenvalue weighted by Crippen LogP contribution is 2.25. The van der Waals surface area contributed by atoms with Crippen LogP contribution in [0.25, 0.3) is 28.7 Å². The van der Waals surface area contributed by atoms with Gasteiger partial charge in [-0.15, -0.1) is 0 Å². The molecule has 0 aliphatic carbocycles. The Morgan fingerprint density at radius 3 is 2.78 bits per heavy atom. The van der Waals surface area contributed by atoms with E-state index in [1.807, 2.05) is 60.2 Å². The first-order valence-electron chi connectivity index (χ1n) is 8.50. The zero-order chi connectivity index (χ0) is 18.8. The van der Waals surface area contributed by atoms with Gasteiger partial charge in [0.05, 0.1) is 35.7 Å². The highest BCUT2D eigenvalue weighted by Gasteiger charge is 2.06. The molecule has 0 bridgehead atoms. The molecule has 0 spiro atoms. The lowest BCUT2D eigenvalue weighted by atomic mass is 10.1. The van der Waals surface area contributed by atoms with E-state index < -0.39 is 0 Å². The highest BCUT2D eigenvalue weighted by atomic mass is 16.5. The van der Waals surface area contributed by atoms with Crippen LogP contribution in [0.1, 0.15) is 17.1 Å². The van der Waals surface area contributed by atoms with Crippen molar-refractivity contribution in [3.8, 4) is 11.4 Å². The molecule has 2 aromatic carbocycles. The number of nitrogens with zero attached hydrogens (tertiary/aromatic N) is 3. The van der Waals surface area contributed by atoms with Gasteiger partial charge in [-0.1, -0.05) is 24.3 Å². The van der Waals surface area contributed by atoms with Gasteiger partial charge in [0.1, 0.15) is 11.6 Å². The van der Waals surface area contributed by atoms with Gasteiger partial charge in [-0.25, -0.2) is 9.97 Å². The standard InChI is InChI=1S/C21H18N4O2/c1-14-12-25(13-22-14)18-9-7-15(11-19(18)27-2)8-10-20-23-17-6-4-3-5-16(17)21(26)24-20/h3-13H,1-2H3,(H,23,24,26)/b10-8+. The van der Waals surface area contributed by atoms with E-state index >= 15 is 0 Å². The molecule has 6 nitrogen and oxygen atoms in total. The number of methoxy groups -OCH3 is 1. The third-order valence-electron chi connectivity index (χ3n) is 4.26. The maximum Gasteiger partial charge on any atom is 0.259 e. The van der Waals surface area contributed by atoms with Crippen molar-refractivity contribution in [2.45, 2.75) is 6.92 Å². The van der Waals surface area contributed by atoms with Crippen molar-refractivity contribution < 1.29 is 4.74 Å². The lowest BCUT2D eigenvalue weighted by Crippen LogP contribution is -2.09. The van der Waals surface area contributed by atoms with Gasteiger partial charge in [-0.2, -0.15) is 0 Å². The summed E-state index contributed by atoms with van der Waals surface area (Å²) in [5, 5.41) is 0.580. The Balaban J connectivity index is 1.67. The first kappa shape index (κ1) is 16.8. The Kier molecular flexibility index (Phi) is 4.30. The second kappa shape index (κ2) is 6.92. The van der Waals surface area contributed by atoms with E-state index in [0.717, 1.165) is 22.7 Å². The average molecular weight is 358 g/mol. The van der Waals surface area contributed by atoms with Crippen molar-refractivity contribution >= 4 is 23.1 Å². The molecule has 4 aromatic rings. The van der Waals surface area contributed by atoms with E-state index in [4.69, 9.17) is 4.74 Å². The number of nitrogens with one attached hydrogen (secondary N) is 1. The summed E-state index contributed by atoms with van der Waals surface area (Å²) in [6.07, 6.45) is 7.37. The molecule has 134 valence electrons. The molecule has 0 radical (unpaired) electrons. The summed E-state index contributed by atoms with van der Waals surface area (Å²) in [5.41, 5.74) is 3.30. The predicted molar refractivity (Wildman–Crippen MR) is 106 cm³/mol. The number of rotatable bonds is 4. The summed E-state index contributed by atoms with van der Waals surface area (Å²) in [6, 6.07) is 13.1. The van der Waals surface area contributed by atoms with Gasteiger partial charge < -0.3 is 14.3 Å². The van der Waals surface area contributed by atoms with Crippen LogP contribution in [0, 0.1) is 6.92 Å². The van der Waals surface area contributed by atoms with Crippen LogP contribution in [0.4, 0.5) is 0 Å². The summed E-state index contributed by atoms with van der Waals surface area (Å²) in [5.74, 6) is 1.24. The first-order valence-corrected chi connectivity index (χ1v) is 8.50. The van der Waals surface area contributed by atoms with Crippen LogP contribution in [0.5, 0.6) is 5.75 Å². The predicted octanol–water partition coefficient (Wildman–Crippen LogP) is 3.60. The zero-order valence-corrected chi connectivity index (χ0v) is 15.0. The summed E-state index contributed by atoms with van der Waals surface area (Å²) in [4.78, 5) is 23.7. The highest BCUT2D eigenvalue weighted by molar-refractivity contribution is 5.79. The second-order valence-corrected chi connectivity index (χ2v) is 6.16. The topological polar surface area (TPSA) is 72.8 Å². The van der Waals surface area contributed by atoms with Gasteiger partial charge in [0, 0.05) is 6.20 Å². The summed E-state index contributed by atoms with van der Waals surface area (Å²) >= 11 is 0. The number of para-hydroxylation sites is 1. The van der Waals surface area contributed by atoms with Crippen LogP contribution < -0.4 is 10.3 Å². The van der Waals surface area contributed by atoms with E-state index in [2.05, 4.69) is 15.0 Å². The van der Waals surface area contributed by atoms with Crippen LogP contribution in [0.3, 0.4) is 0 Å². The lowest BCUT2D eigenvalue weighted by Gasteiger charge is -2.10. The van der Waals surface area contributed by atoms with Gasteiger partial charge in [0.25, 0.3) is 5.56 Å². The van der Waals surface area contributed by atoms with E-state index in [0.29, 0.717) is 16.7 Å². The number of hydrogen-bond donors (Lipinski definition) is 1. The first-order chi connectivity index (χ1) is 13.1. The van der Waals surface area contributed by atoms with Crippen molar-refractivity contribution in [2.75, 3.05) is 7.11 Å². The van der Waals surface area contributed by atoms with Gasteiger partial charge in [-0.05, 0) is 42.8 Å². The number of H-pyrrole nitrogens is 1. The quantitative estimate of drug-likeness (QED) is 0.605. The molecule has 0 amide bonds. The van der Waals surface area contributed by atoms with Gasteiger partial charge in [0.15, 0.2) is 0 Å². The molecule has 4 rings (SSSR count). The van der Waals surface area contributed by atoms with Crippen molar-refractivity contribution in [1.82, 2.24) is 19.5 Å². The van der Waals surface area contributed by atoms with Gasteiger partial charge in [-0.3, -0.25) is 4.79 Å². The maximum atomic E-state index is 12.2. The van der Waals surface area contributed by atoms with Gasteiger partial charge in [0.2, 0.25) is 0 Å². The SMILES string of the molecule is COc1cc(/C=C/c2nc3ccccc3c(=O)[nH]2)ccc1-n1cnc(C)c1. The third kappa shape index (κ3) is 3.37. The summed E-state index contributed by atoms with van der Waals surface area (Å²) < 4.78 is 7.44. The number of hydrogen-bond acceptors (Lipinski definition) is 4. The van der Waals surface area contributed by atoms with E-state index in [9.17, 15) is 4.79 Å². The smallest absolute Gasteiger partial charge is 0.259 e. The van der Waals surface area contributed by atoms with Crippen LogP contribution in [-0.4, -0.2) is 26.6 Å². The minimum Gasteiger partial charge on any atom is -0.495 e. The van der Waals surface area contributed by atoms with Crippen molar-refractivity contribution in [3.05, 3.63) is 82.4 Å². The molecule has 2 heterocycles. The molecule has 27 heavy (non-hydrogen) atoms. The Morgan fingerprint density at radius 1 is 1.15 bits per heavy atom. The molecule has 0 aliphatic heterocycles. The second-order valence-electron chi connectivity index (χ2n) is 6.16. The normalized spacial score (nSPS) is 11.3. The van der Waals surface area contributed by atoms with Crippen molar-refractivity contribution in [3.63, 3.8) is 0 Å². The van der Waals surface area contributed by atoms with Crippen LogP contribution in [0.15, 0.2) is 59.8 Å². The Labute approximate surface area is 155 Å².